The zero-order chi connectivity index (χ0) is 17.9. The van der Waals surface area contributed by atoms with Crippen LogP contribution in [0.15, 0.2) is 42.5 Å². The first kappa shape index (κ1) is 19.5. The van der Waals surface area contributed by atoms with Crippen LogP contribution in [0.4, 0.5) is 5.69 Å². The van der Waals surface area contributed by atoms with Gasteiger partial charge in [-0.3, -0.25) is 4.79 Å². The molecule has 2 N–H and O–H groups in total. The summed E-state index contributed by atoms with van der Waals surface area (Å²) in [7, 11) is 0. The van der Waals surface area contributed by atoms with E-state index in [1.54, 1.807) is 30.3 Å². The highest BCUT2D eigenvalue weighted by Crippen LogP contribution is 2.33. The molecule has 2 aromatic rings. The Morgan fingerprint density at radius 2 is 1.67 bits per heavy atom. The Balaban J connectivity index is 2.19. The summed E-state index contributed by atoms with van der Waals surface area (Å²) in [6, 6.07) is 11.8. The van der Waals surface area contributed by atoms with Gasteiger partial charge in [-0.15, -0.1) is 0 Å². The summed E-state index contributed by atoms with van der Waals surface area (Å²) in [5.74, 6) is -0.385. The van der Waals surface area contributed by atoms with E-state index in [0.29, 0.717) is 21.3 Å². The van der Waals surface area contributed by atoms with Crippen molar-refractivity contribution in [2.45, 2.75) is 16.9 Å². The van der Waals surface area contributed by atoms with Gasteiger partial charge in [-0.05, 0) is 37.3 Å². The molecule has 0 aromatic heterocycles. The molecule has 1 amide bonds. The summed E-state index contributed by atoms with van der Waals surface area (Å²) in [6.45, 7) is 1.93. The van der Waals surface area contributed by atoms with Crippen LogP contribution in [-0.2, 0) is 0 Å². The molecule has 0 unspecified atom stereocenters. The number of rotatable bonds is 4. The maximum Gasteiger partial charge on any atom is 0.252 e. The van der Waals surface area contributed by atoms with Crippen LogP contribution < -0.4 is 10.6 Å². The van der Waals surface area contributed by atoms with E-state index in [1.165, 1.54) is 0 Å². The molecular formula is C16H13Cl5N2O. The zero-order valence-electron chi connectivity index (χ0n) is 12.4. The molecule has 0 fully saturated rings. The van der Waals surface area contributed by atoms with E-state index in [0.717, 1.165) is 5.56 Å². The van der Waals surface area contributed by atoms with Crippen molar-refractivity contribution in [2.24, 2.45) is 0 Å². The van der Waals surface area contributed by atoms with E-state index in [1.807, 2.05) is 19.1 Å². The third kappa shape index (κ3) is 5.33. The van der Waals surface area contributed by atoms with Gasteiger partial charge in [0.2, 0.25) is 3.79 Å². The van der Waals surface area contributed by atoms with E-state index in [4.69, 9.17) is 58.0 Å². The number of hydrogen-bond donors (Lipinski definition) is 2. The van der Waals surface area contributed by atoms with Crippen molar-refractivity contribution in [1.29, 1.82) is 0 Å². The lowest BCUT2D eigenvalue weighted by Gasteiger charge is -2.28. The van der Waals surface area contributed by atoms with Crippen LogP contribution in [0.3, 0.4) is 0 Å². The molecule has 0 heterocycles. The molecule has 2 aromatic carbocycles. The zero-order valence-corrected chi connectivity index (χ0v) is 16.2. The van der Waals surface area contributed by atoms with Crippen LogP contribution in [0, 0.1) is 6.92 Å². The number of carbonyl (C=O) groups is 1. The quantitative estimate of drug-likeness (QED) is 0.476. The van der Waals surface area contributed by atoms with E-state index in [2.05, 4.69) is 10.6 Å². The molecule has 0 radical (unpaired) electrons. The molecule has 8 heteroatoms. The topological polar surface area (TPSA) is 41.1 Å². The molecule has 128 valence electrons. The molecule has 24 heavy (non-hydrogen) atoms. The Morgan fingerprint density at radius 3 is 2.21 bits per heavy atom. The Hall–Kier alpha value is -0.840. The maximum atomic E-state index is 12.4. The summed E-state index contributed by atoms with van der Waals surface area (Å²) in [5.41, 5.74) is 1.96. The van der Waals surface area contributed by atoms with Crippen LogP contribution in [0.5, 0.6) is 0 Å². The standard InChI is InChI=1S/C16H13Cl5N2O/c1-9-2-4-10(5-3-9)14(24)23-15(16(19,20)21)22-13-7-6-11(17)8-12(13)18/h2-8,15,22H,1H3,(H,23,24)/t15-/m1/s1. The highest BCUT2D eigenvalue weighted by atomic mass is 35.6. The first-order chi connectivity index (χ1) is 11.2. The second kappa shape index (κ2) is 8.03. The largest absolute Gasteiger partial charge is 0.361 e. The number of hydrogen-bond acceptors (Lipinski definition) is 2. The molecule has 2 rings (SSSR count). The summed E-state index contributed by atoms with van der Waals surface area (Å²) in [4.78, 5) is 12.4. The molecule has 0 saturated heterocycles. The van der Waals surface area contributed by atoms with Gasteiger partial charge in [-0.2, -0.15) is 0 Å². The van der Waals surface area contributed by atoms with Gasteiger partial charge < -0.3 is 10.6 Å². The molecular weight excluding hydrogens is 413 g/mol. The number of benzene rings is 2. The number of carbonyl (C=O) groups excluding carboxylic acids is 1. The highest BCUT2D eigenvalue weighted by molar-refractivity contribution is 6.68. The van der Waals surface area contributed by atoms with Crippen molar-refractivity contribution in [3.63, 3.8) is 0 Å². The fourth-order valence-electron chi connectivity index (χ4n) is 1.88. The normalized spacial score (nSPS) is 12.6. The third-order valence-electron chi connectivity index (χ3n) is 3.15. The Bertz CT molecular complexity index is 728. The van der Waals surface area contributed by atoms with Crippen LogP contribution in [0.25, 0.3) is 0 Å². The Labute approximate surface area is 165 Å². The van der Waals surface area contributed by atoms with Crippen LogP contribution in [-0.4, -0.2) is 15.9 Å². The van der Waals surface area contributed by atoms with Gasteiger partial charge in [0.15, 0.2) is 0 Å². The molecule has 0 saturated carbocycles. The van der Waals surface area contributed by atoms with E-state index >= 15 is 0 Å². The Morgan fingerprint density at radius 1 is 1.04 bits per heavy atom. The fraction of sp³-hybridized carbons (Fsp3) is 0.188. The number of amides is 1. The number of halogens is 5. The number of aryl methyl sites for hydroxylation is 1. The van der Waals surface area contributed by atoms with Gasteiger partial charge in [-0.1, -0.05) is 75.7 Å². The van der Waals surface area contributed by atoms with Gasteiger partial charge in [0.25, 0.3) is 5.91 Å². The molecule has 0 bridgehead atoms. The molecule has 0 aliphatic heterocycles. The van der Waals surface area contributed by atoms with E-state index < -0.39 is 9.96 Å². The van der Waals surface area contributed by atoms with Crippen LogP contribution >= 0.6 is 58.0 Å². The van der Waals surface area contributed by atoms with Gasteiger partial charge in [0, 0.05) is 10.6 Å². The van der Waals surface area contributed by atoms with E-state index in [-0.39, 0.29) is 5.91 Å². The van der Waals surface area contributed by atoms with Crippen LogP contribution in [0.2, 0.25) is 10.0 Å². The predicted octanol–water partition coefficient (Wildman–Crippen LogP) is 5.84. The van der Waals surface area contributed by atoms with Gasteiger partial charge in [-0.25, -0.2) is 0 Å². The molecule has 0 aliphatic rings. The van der Waals surface area contributed by atoms with Crippen molar-refractivity contribution < 1.29 is 4.79 Å². The minimum atomic E-state index is -1.80. The lowest BCUT2D eigenvalue weighted by molar-refractivity contribution is 0.0942. The lowest BCUT2D eigenvalue weighted by atomic mass is 10.1. The highest BCUT2D eigenvalue weighted by Gasteiger charge is 2.34. The minimum Gasteiger partial charge on any atom is -0.361 e. The predicted molar refractivity (Wildman–Crippen MR) is 103 cm³/mol. The minimum absolute atomic E-state index is 0.339. The molecule has 1 atom stereocenters. The monoisotopic (exact) mass is 424 g/mol. The third-order valence-corrected chi connectivity index (χ3v) is 4.35. The summed E-state index contributed by atoms with van der Waals surface area (Å²) in [6.07, 6.45) is -1.00. The maximum absolute atomic E-state index is 12.4. The first-order valence-electron chi connectivity index (χ1n) is 6.82. The second-order valence-electron chi connectivity index (χ2n) is 5.08. The van der Waals surface area contributed by atoms with Gasteiger partial charge in [0.05, 0.1) is 10.7 Å². The van der Waals surface area contributed by atoms with Crippen molar-refractivity contribution in [3.05, 3.63) is 63.6 Å². The van der Waals surface area contributed by atoms with Crippen molar-refractivity contribution >= 4 is 69.6 Å². The fourth-order valence-corrected chi connectivity index (χ4v) is 2.67. The van der Waals surface area contributed by atoms with Crippen LogP contribution in [0.1, 0.15) is 15.9 Å². The summed E-state index contributed by atoms with van der Waals surface area (Å²) >= 11 is 29.9. The second-order valence-corrected chi connectivity index (χ2v) is 8.30. The van der Waals surface area contributed by atoms with Crippen molar-refractivity contribution in [3.8, 4) is 0 Å². The first-order valence-corrected chi connectivity index (χ1v) is 8.71. The molecule has 0 aliphatic carbocycles. The van der Waals surface area contributed by atoms with Gasteiger partial charge in [0.1, 0.15) is 6.17 Å². The van der Waals surface area contributed by atoms with E-state index in [9.17, 15) is 4.79 Å². The summed E-state index contributed by atoms with van der Waals surface area (Å²) in [5, 5.41) is 6.36. The Kier molecular flexibility index (Phi) is 6.52. The average molecular weight is 427 g/mol. The smallest absolute Gasteiger partial charge is 0.252 e. The van der Waals surface area contributed by atoms with Crippen molar-refractivity contribution in [2.75, 3.05) is 5.32 Å². The van der Waals surface area contributed by atoms with Gasteiger partial charge >= 0.3 is 0 Å². The number of nitrogens with one attached hydrogen (secondary N) is 2. The number of anilines is 1. The molecule has 0 spiro atoms. The molecule has 3 nitrogen and oxygen atoms in total. The SMILES string of the molecule is Cc1ccc(C(=O)N[C@@H](Nc2ccc(Cl)cc2Cl)C(Cl)(Cl)Cl)cc1. The van der Waals surface area contributed by atoms with Crippen molar-refractivity contribution in [1.82, 2.24) is 5.32 Å². The summed E-state index contributed by atoms with van der Waals surface area (Å²) < 4.78 is -1.80. The average Bonchev–Trinajstić information content (AvgIpc) is 2.48. The number of alkyl halides is 3. The lowest BCUT2D eigenvalue weighted by Crippen LogP contribution is -2.49.